The van der Waals surface area contributed by atoms with E-state index in [1.54, 1.807) is 24.4 Å². The van der Waals surface area contributed by atoms with Crippen molar-refractivity contribution in [3.05, 3.63) is 24.4 Å². The molecule has 5 nitrogen and oxygen atoms in total. The van der Waals surface area contributed by atoms with E-state index in [1.807, 2.05) is 0 Å². The molecule has 2 heterocycles. The zero-order valence-corrected chi connectivity index (χ0v) is 10.7. The van der Waals surface area contributed by atoms with E-state index >= 15 is 0 Å². The largest absolute Gasteiger partial charge is 0.302 e. The molecule has 0 unspecified atom stereocenters. The van der Waals surface area contributed by atoms with Crippen LogP contribution < -0.4 is 4.72 Å². The van der Waals surface area contributed by atoms with Gasteiger partial charge in [0.15, 0.2) is 0 Å². The van der Waals surface area contributed by atoms with E-state index in [-0.39, 0.29) is 0 Å². The zero-order valence-electron chi connectivity index (χ0n) is 9.83. The number of hydrogen-bond donors (Lipinski definition) is 1. The molecule has 1 aromatic rings. The van der Waals surface area contributed by atoms with Gasteiger partial charge in [0.2, 0.25) is 0 Å². The van der Waals surface area contributed by atoms with Gasteiger partial charge in [-0.3, -0.25) is 4.72 Å². The van der Waals surface area contributed by atoms with E-state index in [1.165, 1.54) is 4.31 Å². The molecule has 0 bridgehead atoms. The fourth-order valence-electron chi connectivity index (χ4n) is 1.85. The Labute approximate surface area is 102 Å². The van der Waals surface area contributed by atoms with Crippen LogP contribution in [-0.4, -0.2) is 30.8 Å². The molecule has 1 N–H and O–H groups in total. The molecule has 17 heavy (non-hydrogen) atoms. The molecule has 1 aliphatic rings. The number of hydrogen-bond acceptors (Lipinski definition) is 3. The second kappa shape index (κ2) is 5.01. The van der Waals surface area contributed by atoms with Crippen molar-refractivity contribution in [1.82, 2.24) is 9.29 Å². The molecule has 0 aliphatic carbocycles. The topological polar surface area (TPSA) is 62.3 Å². The molecule has 94 valence electrons. The summed E-state index contributed by atoms with van der Waals surface area (Å²) >= 11 is 0. The number of aromatic nitrogens is 1. The smallest absolute Gasteiger partial charge is 0.254 e. The summed E-state index contributed by atoms with van der Waals surface area (Å²) < 4.78 is 28.1. The van der Waals surface area contributed by atoms with E-state index in [0.717, 1.165) is 12.8 Å². The fourth-order valence-corrected chi connectivity index (χ4v) is 3.05. The second-order valence-electron chi connectivity index (χ2n) is 4.40. The predicted octanol–water partition coefficient (Wildman–Crippen LogP) is 1.47. The molecular weight excluding hydrogens is 238 g/mol. The summed E-state index contributed by atoms with van der Waals surface area (Å²) in [6.07, 6.45) is 3.41. The first-order chi connectivity index (χ1) is 8.08. The first-order valence-corrected chi connectivity index (χ1v) is 7.21. The van der Waals surface area contributed by atoms with E-state index in [2.05, 4.69) is 16.6 Å². The van der Waals surface area contributed by atoms with Gasteiger partial charge >= 0.3 is 10.2 Å². The molecule has 0 radical (unpaired) electrons. The Bertz CT molecular complexity index is 453. The molecular formula is C11H17N3O2S. The van der Waals surface area contributed by atoms with Crippen molar-refractivity contribution in [3.8, 4) is 0 Å². The maximum atomic E-state index is 12.0. The van der Waals surface area contributed by atoms with Crippen LogP contribution in [0, 0.1) is 5.92 Å². The van der Waals surface area contributed by atoms with Gasteiger partial charge in [0.05, 0.1) is 0 Å². The maximum Gasteiger partial charge on any atom is 0.302 e. The van der Waals surface area contributed by atoms with Crippen LogP contribution in [-0.2, 0) is 10.2 Å². The normalized spacial score (nSPS) is 19.1. The molecule has 1 fully saturated rings. The molecule has 0 aromatic carbocycles. The van der Waals surface area contributed by atoms with Crippen molar-refractivity contribution in [1.29, 1.82) is 0 Å². The lowest BCUT2D eigenvalue weighted by atomic mass is 10.0. The Kier molecular flexibility index (Phi) is 3.63. The van der Waals surface area contributed by atoms with Crippen LogP contribution in [0.3, 0.4) is 0 Å². The van der Waals surface area contributed by atoms with E-state index in [4.69, 9.17) is 0 Å². The molecule has 6 heteroatoms. The summed E-state index contributed by atoms with van der Waals surface area (Å²) in [7, 11) is -3.44. The Morgan fingerprint density at radius 1 is 1.35 bits per heavy atom. The number of pyridine rings is 1. The highest BCUT2D eigenvalue weighted by Crippen LogP contribution is 2.19. The Morgan fingerprint density at radius 3 is 2.65 bits per heavy atom. The monoisotopic (exact) mass is 255 g/mol. The number of rotatable bonds is 3. The molecule has 1 saturated heterocycles. The van der Waals surface area contributed by atoms with Gasteiger partial charge in [-0.25, -0.2) is 4.98 Å². The van der Waals surface area contributed by atoms with E-state index in [0.29, 0.717) is 24.8 Å². The third kappa shape index (κ3) is 3.17. The summed E-state index contributed by atoms with van der Waals surface area (Å²) in [5.74, 6) is 0.974. The number of piperidine rings is 1. The average Bonchev–Trinajstić information content (AvgIpc) is 2.30. The Morgan fingerprint density at radius 2 is 2.06 bits per heavy atom. The lowest BCUT2D eigenvalue weighted by Crippen LogP contribution is -2.41. The van der Waals surface area contributed by atoms with E-state index < -0.39 is 10.2 Å². The van der Waals surface area contributed by atoms with Crippen molar-refractivity contribution >= 4 is 16.0 Å². The van der Waals surface area contributed by atoms with Crippen LogP contribution in [0.2, 0.25) is 0 Å². The molecule has 2 rings (SSSR count). The van der Waals surface area contributed by atoms with Crippen molar-refractivity contribution in [3.63, 3.8) is 0 Å². The highest BCUT2D eigenvalue weighted by atomic mass is 32.2. The van der Waals surface area contributed by atoms with Gasteiger partial charge in [-0.15, -0.1) is 0 Å². The average molecular weight is 255 g/mol. The molecule has 0 amide bonds. The van der Waals surface area contributed by atoms with Crippen LogP contribution in [0.4, 0.5) is 5.82 Å². The standard InChI is InChI=1S/C11H17N3O2S/c1-10-5-8-14(9-6-10)17(15,16)13-11-4-2-3-7-12-11/h2-4,7,10H,5-6,8-9H2,1H3,(H,12,13). The summed E-state index contributed by atoms with van der Waals surface area (Å²) in [5, 5.41) is 0. The third-order valence-corrected chi connectivity index (χ3v) is 4.49. The van der Waals surface area contributed by atoms with Gasteiger partial charge in [-0.05, 0) is 30.9 Å². The van der Waals surface area contributed by atoms with E-state index in [9.17, 15) is 8.42 Å². The number of nitrogens with one attached hydrogen (secondary N) is 1. The molecule has 0 spiro atoms. The Hall–Kier alpha value is -1.14. The highest BCUT2D eigenvalue weighted by molar-refractivity contribution is 7.90. The molecule has 0 saturated carbocycles. The maximum absolute atomic E-state index is 12.0. The predicted molar refractivity (Wildman–Crippen MR) is 66.8 cm³/mol. The lowest BCUT2D eigenvalue weighted by Gasteiger charge is -2.29. The minimum absolute atomic E-state index is 0.367. The summed E-state index contributed by atoms with van der Waals surface area (Å²) in [6, 6.07) is 5.15. The third-order valence-electron chi connectivity index (χ3n) is 2.98. The quantitative estimate of drug-likeness (QED) is 0.889. The van der Waals surface area contributed by atoms with Crippen LogP contribution in [0.1, 0.15) is 19.8 Å². The van der Waals surface area contributed by atoms with Gasteiger partial charge in [0.1, 0.15) is 5.82 Å². The fraction of sp³-hybridized carbons (Fsp3) is 0.545. The van der Waals surface area contributed by atoms with Crippen molar-refractivity contribution in [2.75, 3.05) is 17.8 Å². The van der Waals surface area contributed by atoms with Gasteiger partial charge in [-0.2, -0.15) is 12.7 Å². The van der Waals surface area contributed by atoms with Gasteiger partial charge in [0.25, 0.3) is 0 Å². The number of nitrogens with zero attached hydrogens (tertiary/aromatic N) is 2. The second-order valence-corrected chi connectivity index (χ2v) is 6.07. The van der Waals surface area contributed by atoms with Crippen LogP contribution >= 0.6 is 0 Å². The molecule has 0 atom stereocenters. The molecule has 1 aromatic heterocycles. The van der Waals surface area contributed by atoms with Crippen LogP contribution in [0.25, 0.3) is 0 Å². The summed E-state index contributed by atoms with van der Waals surface area (Å²) in [6.45, 7) is 3.32. The SMILES string of the molecule is CC1CCN(S(=O)(=O)Nc2ccccn2)CC1. The first-order valence-electron chi connectivity index (χ1n) is 5.77. The van der Waals surface area contributed by atoms with Gasteiger partial charge < -0.3 is 0 Å². The van der Waals surface area contributed by atoms with Gasteiger partial charge in [0, 0.05) is 19.3 Å². The minimum Gasteiger partial charge on any atom is -0.254 e. The summed E-state index contributed by atoms with van der Waals surface area (Å²) in [4.78, 5) is 3.96. The number of anilines is 1. The lowest BCUT2D eigenvalue weighted by molar-refractivity contribution is 0.289. The van der Waals surface area contributed by atoms with Crippen molar-refractivity contribution < 1.29 is 8.42 Å². The molecule has 1 aliphatic heterocycles. The van der Waals surface area contributed by atoms with Gasteiger partial charge in [-0.1, -0.05) is 13.0 Å². The zero-order chi connectivity index (χ0) is 12.3. The summed E-state index contributed by atoms with van der Waals surface area (Å²) in [5.41, 5.74) is 0. The van der Waals surface area contributed by atoms with Crippen molar-refractivity contribution in [2.45, 2.75) is 19.8 Å². The van der Waals surface area contributed by atoms with Crippen molar-refractivity contribution in [2.24, 2.45) is 5.92 Å². The van der Waals surface area contributed by atoms with Crippen LogP contribution in [0.5, 0.6) is 0 Å². The minimum atomic E-state index is -3.44. The van der Waals surface area contributed by atoms with Crippen LogP contribution in [0.15, 0.2) is 24.4 Å². The highest BCUT2D eigenvalue weighted by Gasteiger charge is 2.26. The Balaban J connectivity index is 2.04. The first kappa shape index (κ1) is 12.3.